The standard InChI is InChI=1S/C13H16N2O5S/c1-13(2,7-11(16)21)14-12(17)20-8-9-3-5-10(6-4-9)15(18)19/h3-6H,7-8H2,1-2H3,(H,14,17)(H,16,21). The van der Waals surface area contributed by atoms with Crippen LogP contribution >= 0.6 is 12.6 Å². The third kappa shape index (κ3) is 6.26. The molecule has 0 saturated carbocycles. The maximum atomic E-state index is 11.6. The van der Waals surface area contributed by atoms with Crippen molar-refractivity contribution in [1.82, 2.24) is 5.32 Å². The Morgan fingerprint density at radius 3 is 2.38 bits per heavy atom. The summed E-state index contributed by atoms with van der Waals surface area (Å²) in [7, 11) is 0. The molecule has 0 saturated heterocycles. The van der Waals surface area contributed by atoms with Crippen LogP contribution in [0, 0.1) is 10.1 Å². The van der Waals surface area contributed by atoms with E-state index in [1.54, 1.807) is 13.8 Å². The molecule has 0 atom stereocenters. The number of nitrogens with one attached hydrogen (secondary N) is 1. The lowest BCUT2D eigenvalue weighted by atomic mass is 10.0. The number of benzene rings is 1. The van der Waals surface area contributed by atoms with Gasteiger partial charge in [0.25, 0.3) is 5.69 Å². The third-order valence-electron chi connectivity index (χ3n) is 2.55. The van der Waals surface area contributed by atoms with Crippen molar-refractivity contribution in [2.45, 2.75) is 32.4 Å². The Bertz CT molecular complexity index is 542. The molecule has 0 bridgehead atoms. The van der Waals surface area contributed by atoms with Crippen molar-refractivity contribution >= 4 is 29.5 Å². The molecule has 0 unspecified atom stereocenters. The molecule has 114 valence electrons. The van der Waals surface area contributed by atoms with Crippen LogP contribution in [0.2, 0.25) is 0 Å². The zero-order chi connectivity index (χ0) is 16.0. The van der Waals surface area contributed by atoms with E-state index >= 15 is 0 Å². The summed E-state index contributed by atoms with van der Waals surface area (Å²) in [4.78, 5) is 32.5. The summed E-state index contributed by atoms with van der Waals surface area (Å²) in [6.45, 7) is 3.33. The molecule has 7 nitrogen and oxygen atoms in total. The minimum absolute atomic E-state index is 0.0191. The van der Waals surface area contributed by atoms with Gasteiger partial charge in [-0.25, -0.2) is 4.79 Å². The number of thiol groups is 1. The predicted octanol–water partition coefficient (Wildman–Crippen LogP) is 2.45. The van der Waals surface area contributed by atoms with Crippen LogP contribution in [0.4, 0.5) is 10.5 Å². The van der Waals surface area contributed by atoms with E-state index in [0.717, 1.165) is 0 Å². The first-order valence-corrected chi connectivity index (χ1v) is 6.54. The second kappa shape index (κ2) is 7.07. The molecule has 0 spiro atoms. The van der Waals surface area contributed by atoms with Crippen molar-refractivity contribution in [3.8, 4) is 0 Å². The largest absolute Gasteiger partial charge is 0.445 e. The Hall–Kier alpha value is -2.09. The molecule has 1 aromatic carbocycles. The van der Waals surface area contributed by atoms with E-state index in [2.05, 4.69) is 17.9 Å². The highest BCUT2D eigenvalue weighted by molar-refractivity contribution is 7.96. The van der Waals surface area contributed by atoms with Gasteiger partial charge in [0, 0.05) is 24.1 Å². The molecule has 1 N–H and O–H groups in total. The van der Waals surface area contributed by atoms with E-state index in [1.807, 2.05) is 0 Å². The molecule has 21 heavy (non-hydrogen) atoms. The van der Waals surface area contributed by atoms with E-state index in [1.165, 1.54) is 24.3 Å². The highest BCUT2D eigenvalue weighted by Gasteiger charge is 2.23. The summed E-state index contributed by atoms with van der Waals surface area (Å²) in [6.07, 6.45) is -0.601. The molecule has 1 amide bonds. The fourth-order valence-electron chi connectivity index (χ4n) is 1.60. The number of rotatable bonds is 6. The zero-order valence-corrected chi connectivity index (χ0v) is 12.6. The molecule has 0 aromatic heterocycles. The SMILES string of the molecule is CC(C)(CC(=O)S)NC(=O)OCc1ccc([N+](=O)[O-])cc1. The zero-order valence-electron chi connectivity index (χ0n) is 11.7. The van der Waals surface area contributed by atoms with Crippen molar-refractivity contribution in [3.63, 3.8) is 0 Å². The predicted molar refractivity (Wildman–Crippen MR) is 79.1 cm³/mol. The molecule has 0 aliphatic carbocycles. The van der Waals surface area contributed by atoms with Crippen LogP contribution in [0.3, 0.4) is 0 Å². The van der Waals surface area contributed by atoms with Gasteiger partial charge in [-0.15, -0.1) is 12.6 Å². The van der Waals surface area contributed by atoms with Gasteiger partial charge in [-0.1, -0.05) is 0 Å². The monoisotopic (exact) mass is 312 g/mol. The van der Waals surface area contributed by atoms with Gasteiger partial charge in [-0.2, -0.15) is 0 Å². The van der Waals surface area contributed by atoms with Gasteiger partial charge in [0.2, 0.25) is 0 Å². The highest BCUT2D eigenvalue weighted by atomic mass is 32.1. The maximum Gasteiger partial charge on any atom is 0.407 e. The Labute approximate surface area is 127 Å². The highest BCUT2D eigenvalue weighted by Crippen LogP contribution is 2.13. The minimum Gasteiger partial charge on any atom is -0.445 e. The second-order valence-electron chi connectivity index (χ2n) is 5.08. The summed E-state index contributed by atoms with van der Waals surface area (Å²) in [5, 5.41) is 12.7. The van der Waals surface area contributed by atoms with E-state index in [0.29, 0.717) is 5.56 Å². The summed E-state index contributed by atoms with van der Waals surface area (Å²) >= 11 is 3.66. The van der Waals surface area contributed by atoms with Gasteiger partial charge >= 0.3 is 6.09 Å². The van der Waals surface area contributed by atoms with Crippen molar-refractivity contribution < 1.29 is 19.2 Å². The van der Waals surface area contributed by atoms with Gasteiger partial charge in [0.05, 0.1) is 4.92 Å². The van der Waals surface area contributed by atoms with Crippen molar-refractivity contribution in [3.05, 3.63) is 39.9 Å². The molecular formula is C13H16N2O5S. The normalized spacial score (nSPS) is 10.8. The van der Waals surface area contributed by atoms with Gasteiger partial charge < -0.3 is 10.1 Å². The average Bonchev–Trinajstić information content (AvgIpc) is 2.34. The third-order valence-corrected chi connectivity index (χ3v) is 2.71. The lowest BCUT2D eigenvalue weighted by Gasteiger charge is -2.24. The van der Waals surface area contributed by atoms with E-state index in [9.17, 15) is 19.7 Å². The van der Waals surface area contributed by atoms with Crippen LogP contribution in [0.5, 0.6) is 0 Å². The lowest BCUT2D eigenvalue weighted by Crippen LogP contribution is -2.44. The average molecular weight is 312 g/mol. The van der Waals surface area contributed by atoms with E-state index < -0.39 is 16.6 Å². The number of amides is 1. The lowest BCUT2D eigenvalue weighted by molar-refractivity contribution is -0.384. The summed E-state index contributed by atoms with van der Waals surface area (Å²) in [5.74, 6) is 0. The molecular weight excluding hydrogens is 296 g/mol. The smallest absolute Gasteiger partial charge is 0.407 e. The van der Waals surface area contributed by atoms with Gasteiger partial charge in [0.1, 0.15) is 6.61 Å². The topological polar surface area (TPSA) is 98.5 Å². The molecule has 1 rings (SSSR count). The van der Waals surface area contributed by atoms with Crippen LogP contribution in [-0.4, -0.2) is 21.7 Å². The van der Waals surface area contributed by atoms with Crippen molar-refractivity contribution in [2.24, 2.45) is 0 Å². The number of ether oxygens (including phenoxy) is 1. The molecule has 1 aromatic rings. The van der Waals surface area contributed by atoms with Gasteiger partial charge in [-0.05, 0) is 31.5 Å². The molecule has 0 aliphatic rings. The van der Waals surface area contributed by atoms with Crippen LogP contribution < -0.4 is 5.32 Å². The maximum absolute atomic E-state index is 11.6. The van der Waals surface area contributed by atoms with Gasteiger partial charge in [-0.3, -0.25) is 14.9 Å². The minimum atomic E-state index is -0.759. The Kier molecular flexibility index (Phi) is 5.71. The number of carbonyl (C=O) groups is 2. The number of nitrogens with zero attached hydrogens (tertiary/aromatic N) is 1. The molecule has 0 aliphatic heterocycles. The fourth-order valence-corrected chi connectivity index (χ4v) is 1.99. The molecule has 0 fully saturated rings. The van der Waals surface area contributed by atoms with Crippen LogP contribution in [0.15, 0.2) is 24.3 Å². The number of hydrogen-bond acceptors (Lipinski definition) is 5. The Balaban J connectivity index is 2.49. The first-order chi connectivity index (χ1) is 9.69. The van der Waals surface area contributed by atoms with Crippen LogP contribution in [-0.2, 0) is 16.1 Å². The Morgan fingerprint density at radius 2 is 1.90 bits per heavy atom. The van der Waals surface area contributed by atoms with Crippen molar-refractivity contribution in [1.29, 1.82) is 0 Å². The van der Waals surface area contributed by atoms with Crippen molar-refractivity contribution in [2.75, 3.05) is 0 Å². The first-order valence-electron chi connectivity index (χ1n) is 6.10. The van der Waals surface area contributed by atoms with Gasteiger partial charge in [0.15, 0.2) is 5.12 Å². The quantitative estimate of drug-likeness (QED) is 0.477. The second-order valence-corrected chi connectivity index (χ2v) is 5.58. The van der Waals surface area contributed by atoms with E-state index in [4.69, 9.17) is 4.74 Å². The fraction of sp³-hybridized carbons (Fsp3) is 0.385. The number of nitro benzene ring substituents is 1. The first kappa shape index (κ1) is 17.0. The number of alkyl carbamates (subject to hydrolysis) is 1. The summed E-state index contributed by atoms with van der Waals surface area (Å²) in [6, 6.07) is 5.68. The molecule has 0 heterocycles. The molecule has 0 radical (unpaired) electrons. The molecule has 8 heteroatoms. The van der Waals surface area contributed by atoms with E-state index in [-0.39, 0.29) is 23.8 Å². The number of carbonyl (C=O) groups excluding carboxylic acids is 2. The van der Waals surface area contributed by atoms with Crippen LogP contribution in [0.1, 0.15) is 25.8 Å². The Morgan fingerprint density at radius 1 is 1.33 bits per heavy atom. The number of nitro groups is 1. The number of non-ortho nitro benzene ring substituents is 1. The summed E-state index contributed by atoms with van der Waals surface area (Å²) in [5.41, 5.74) is -0.166. The number of hydrogen-bond donors (Lipinski definition) is 2. The summed E-state index contributed by atoms with van der Waals surface area (Å²) < 4.78 is 4.99. The van der Waals surface area contributed by atoms with Crippen LogP contribution in [0.25, 0.3) is 0 Å².